The maximum Gasteiger partial charge on any atom is 0.359 e. The van der Waals surface area contributed by atoms with Gasteiger partial charge in [-0.3, -0.25) is 4.79 Å². The first-order valence-corrected chi connectivity index (χ1v) is 7.24. The van der Waals surface area contributed by atoms with E-state index in [1.807, 2.05) is 0 Å². The summed E-state index contributed by atoms with van der Waals surface area (Å²) in [5, 5.41) is 2.36. The number of aromatic nitrogens is 1. The summed E-state index contributed by atoms with van der Waals surface area (Å²) in [4.78, 5) is 27.2. The lowest BCUT2D eigenvalue weighted by Gasteiger charge is -2.07. The van der Waals surface area contributed by atoms with Gasteiger partial charge in [0, 0.05) is 5.69 Å². The molecule has 2 aromatic rings. The Labute approximate surface area is 145 Å². The molecule has 0 aliphatic rings. The molecule has 1 heterocycles. The van der Waals surface area contributed by atoms with Gasteiger partial charge in [-0.15, -0.1) is 0 Å². The van der Waals surface area contributed by atoms with Crippen LogP contribution in [0.4, 0.5) is 10.1 Å². The van der Waals surface area contributed by atoms with E-state index in [0.29, 0.717) is 0 Å². The predicted molar refractivity (Wildman–Crippen MR) is 84.6 cm³/mol. The van der Waals surface area contributed by atoms with E-state index < -0.39 is 24.3 Å². The lowest BCUT2D eigenvalue weighted by Crippen LogP contribution is -2.21. The molecule has 0 saturated heterocycles. The maximum atomic E-state index is 13.0. The third-order valence-corrected chi connectivity index (χ3v) is 3.35. The first-order valence-electron chi connectivity index (χ1n) is 6.11. The Hall–Kier alpha value is -1.89. The van der Waals surface area contributed by atoms with Crippen molar-refractivity contribution >= 4 is 52.4 Å². The van der Waals surface area contributed by atoms with Crippen molar-refractivity contribution in [1.29, 1.82) is 0 Å². The summed E-state index contributed by atoms with van der Waals surface area (Å²) < 4.78 is 17.8. The number of nitrogens with one attached hydrogen (secondary N) is 1. The molecule has 0 radical (unpaired) electrons. The molecule has 0 saturated carbocycles. The van der Waals surface area contributed by atoms with E-state index in [9.17, 15) is 14.0 Å². The zero-order chi connectivity index (χ0) is 17.0. The Morgan fingerprint density at radius 2 is 1.87 bits per heavy atom. The molecule has 1 N–H and O–H groups in total. The van der Waals surface area contributed by atoms with Crippen molar-refractivity contribution in [3.63, 3.8) is 0 Å². The Morgan fingerprint density at radius 1 is 1.13 bits per heavy atom. The third kappa shape index (κ3) is 4.79. The Balaban J connectivity index is 1.94. The van der Waals surface area contributed by atoms with Gasteiger partial charge in [0.05, 0.1) is 10.0 Å². The van der Waals surface area contributed by atoms with Crippen LogP contribution >= 0.6 is 34.8 Å². The topological polar surface area (TPSA) is 68.3 Å². The second-order valence-corrected chi connectivity index (χ2v) is 5.42. The highest BCUT2D eigenvalue weighted by atomic mass is 35.5. The van der Waals surface area contributed by atoms with Crippen molar-refractivity contribution in [1.82, 2.24) is 4.98 Å². The highest BCUT2D eigenvalue weighted by molar-refractivity contribution is 6.34. The molecule has 0 fully saturated rings. The minimum Gasteiger partial charge on any atom is -0.451 e. The van der Waals surface area contributed by atoms with E-state index >= 15 is 0 Å². The smallest absolute Gasteiger partial charge is 0.359 e. The van der Waals surface area contributed by atoms with Crippen LogP contribution in [0.1, 0.15) is 10.5 Å². The SMILES string of the molecule is O=C(COC(=O)c1nc(Cl)ccc1Cl)Nc1ccc(F)c(Cl)c1. The van der Waals surface area contributed by atoms with Crippen LogP contribution in [-0.2, 0) is 9.53 Å². The number of esters is 1. The number of carbonyl (C=O) groups excluding carboxylic acids is 2. The van der Waals surface area contributed by atoms with E-state index in [-0.39, 0.29) is 26.6 Å². The summed E-state index contributed by atoms with van der Waals surface area (Å²) in [7, 11) is 0. The van der Waals surface area contributed by atoms with Crippen LogP contribution < -0.4 is 5.32 Å². The van der Waals surface area contributed by atoms with E-state index in [0.717, 1.165) is 6.07 Å². The number of carbonyl (C=O) groups is 2. The molecule has 2 rings (SSSR count). The summed E-state index contributed by atoms with van der Waals surface area (Å²) in [6.45, 7) is -0.585. The third-order valence-electron chi connectivity index (χ3n) is 2.54. The van der Waals surface area contributed by atoms with Crippen molar-refractivity contribution in [3.05, 3.63) is 57.0 Å². The van der Waals surface area contributed by atoms with E-state index in [1.165, 1.54) is 24.3 Å². The van der Waals surface area contributed by atoms with Gasteiger partial charge in [-0.05, 0) is 30.3 Å². The average Bonchev–Trinajstić information content (AvgIpc) is 2.51. The van der Waals surface area contributed by atoms with Crippen molar-refractivity contribution in [3.8, 4) is 0 Å². The summed E-state index contributed by atoms with van der Waals surface area (Å²) in [5.41, 5.74) is 0.0631. The summed E-state index contributed by atoms with van der Waals surface area (Å²) in [6.07, 6.45) is 0. The van der Waals surface area contributed by atoms with Gasteiger partial charge >= 0.3 is 5.97 Å². The molecule has 120 valence electrons. The van der Waals surface area contributed by atoms with E-state index in [1.54, 1.807) is 0 Å². The number of hydrogen-bond donors (Lipinski definition) is 1. The van der Waals surface area contributed by atoms with Crippen LogP contribution in [0.5, 0.6) is 0 Å². The Kier molecular flexibility index (Phi) is 5.76. The van der Waals surface area contributed by atoms with Gasteiger partial charge < -0.3 is 10.1 Å². The lowest BCUT2D eigenvalue weighted by atomic mass is 10.3. The molecule has 0 aliphatic carbocycles. The highest BCUT2D eigenvalue weighted by Crippen LogP contribution is 2.20. The molecule has 1 aromatic carbocycles. The molecule has 23 heavy (non-hydrogen) atoms. The first kappa shape index (κ1) is 17.5. The fourth-order valence-electron chi connectivity index (χ4n) is 1.53. The normalized spacial score (nSPS) is 10.3. The lowest BCUT2D eigenvalue weighted by molar-refractivity contribution is -0.119. The molecular weight excluding hydrogens is 370 g/mol. The van der Waals surface area contributed by atoms with Crippen LogP contribution in [0.15, 0.2) is 30.3 Å². The van der Waals surface area contributed by atoms with E-state index in [2.05, 4.69) is 10.3 Å². The summed E-state index contributed by atoms with van der Waals surface area (Å²) >= 11 is 17.0. The van der Waals surface area contributed by atoms with E-state index in [4.69, 9.17) is 39.5 Å². The van der Waals surface area contributed by atoms with Crippen LogP contribution in [0.25, 0.3) is 0 Å². The van der Waals surface area contributed by atoms with Crippen molar-refractivity contribution < 1.29 is 18.7 Å². The number of pyridine rings is 1. The molecule has 1 amide bonds. The van der Waals surface area contributed by atoms with Gasteiger partial charge in [0.15, 0.2) is 12.3 Å². The maximum absolute atomic E-state index is 13.0. The molecule has 0 spiro atoms. The molecule has 0 unspecified atom stereocenters. The Bertz CT molecular complexity index is 771. The standard InChI is InChI=1S/C14H8Cl3FN2O3/c15-8-2-4-11(17)20-13(8)14(22)23-6-12(21)19-7-1-3-10(18)9(16)5-7/h1-5H,6H2,(H,19,21). The molecule has 0 bridgehead atoms. The van der Waals surface area contributed by atoms with Crippen molar-refractivity contribution in [2.24, 2.45) is 0 Å². The molecular formula is C14H8Cl3FN2O3. The molecule has 1 aromatic heterocycles. The number of amides is 1. The van der Waals surface area contributed by atoms with Crippen LogP contribution in [0.3, 0.4) is 0 Å². The number of hydrogen-bond acceptors (Lipinski definition) is 4. The minimum atomic E-state index is -0.898. The van der Waals surface area contributed by atoms with Gasteiger partial charge in [-0.2, -0.15) is 0 Å². The molecule has 5 nitrogen and oxygen atoms in total. The van der Waals surface area contributed by atoms with Gasteiger partial charge in [-0.1, -0.05) is 34.8 Å². The fourth-order valence-corrected chi connectivity index (χ4v) is 2.04. The highest BCUT2D eigenvalue weighted by Gasteiger charge is 2.16. The largest absolute Gasteiger partial charge is 0.451 e. The van der Waals surface area contributed by atoms with Gasteiger partial charge in [0.25, 0.3) is 5.91 Å². The van der Waals surface area contributed by atoms with Gasteiger partial charge in [-0.25, -0.2) is 14.2 Å². The quantitative estimate of drug-likeness (QED) is 0.646. The molecule has 9 heteroatoms. The number of rotatable bonds is 4. The molecule has 0 atom stereocenters. The van der Waals surface area contributed by atoms with Crippen molar-refractivity contribution in [2.45, 2.75) is 0 Å². The van der Waals surface area contributed by atoms with Crippen molar-refractivity contribution in [2.75, 3.05) is 11.9 Å². The number of halogens is 4. The van der Waals surface area contributed by atoms with Gasteiger partial charge in [0.1, 0.15) is 11.0 Å². The number of ether oxygens (including phenoxy) is 1. The zero-order valence-electron chi connectivity index (χ0n) is 11.3. The average molecular weight is 378 g/mol. The molecule has 0 aliphatic heterocycles. The van der Waals surface area contributed by atoms with Crippen LogP contribution in [-0.4, -0.2) is 23.5 Å². The Morgan fingerprint density at radius 3 is 2.57 bits per heavy atom. The summed E-state index contributed by atoms with van der Waals surface area (Å²) in [6, 6.07) is 6.43. The monoisotopic (exact) mass is 376 g/mol. The number of anilines is 1. The van der Waals surface area contributed by atoms with Crippen LogP contribution in [0.2, 0.25) is 15.2 Å². The second-order valence-electron chi connectivity index (χ2n) is 4.22. The minimum absolute atomic E-state index is 0.0464. The van der Waals surface area contributed by atoms with Crippen LogP contribution in [0, 0.1) is 5.82 Å². The first-order chi connectivity index (χ1) is 10.9. The fraction of sp³-hybridized carbons (Fsp3) is 0.0714. The summed E-state index contributed by atoms with van der Waals surface area (Å²) in [5.74, 6) is -2.15. The number of nitrogens with zero attached hydrogens (tertiary/aromatic N) is 1. The number of benzene rings is 1. The second kappa shape index (κ2) is 7.59. The van der Waals surface area contributed by atoms with Gasteiger partial charge in [0.2, 0.25) is 0 Å². The predicted octanol–water partition coefficient (Wildman–Crippen LogP) is 3.98. The zero-order valence-corrected chi connectivity index (χ0v) is 13.5.